The highest BCUT2D eigenvalue weighted by molar-refractivity contribution is 7.89. The molecular weight excluding hydrogens is 314 g/mol. The van der Waals surface area contributed by atoms with E-state index >= 15 is 0 Å². The third-order valence-electron chi connectivity index (χ3n) is 4.72. The highest BCUT2D eigenvalue weighted by Gasteiger charge is 2.31. The fourth-order valence-corrected chi connectivity index (χ4v) is 4.68. The van der Waals surface area contributed by atoms with Gasteiger partial charge in [-0.1, -0.05) is 0 Å². The van der Waals surface area contributed by atoms with Crippen molar-refractivity contribution in [2.24, 2.45) is 0 Å². The van der Waals surface area contributed by atoms with Crippen LogP contribution in [-0.2, 0) is 14.8 Å². The lowest BCUT2D eigenvalue weighted by atomic mass is 10.1. The SMILES string of the molecule is CN1CCC(OC2CCN(S(=O)(=O)c3cccnc3)CC2)CC1. The number of ether oxygens (including phenoxy) is 1. The smallest absolute Gasteiger partial charge is 0.244 e. The van der Waals surface area contributed by atoms with Crippen LogP contribution in [0.15, 0.2) is 29.4 Å². The number of hydrogen-bond donors (Lipinski definition) is 0. The summed E-state index contributed by atoms with van der Waals surface area (Å²) in [4.78, 5) is 6.50. The Balaban J connectivity index is 1.52. The molecular formula is C16H25N3O3S. The van der Waals surface area contributed by atoms with Crippen LogP contribution in [0.5, 0.6) is 0 Å². The van der Waals surface area contributed by atoms with Gasteiger partial charge in [0, 0.05) is 38.6 Å². The zero-order valence-corrected chi connectivity index (χ0v) is 14.4. The highest BCUT2D eigenvalue weighted by Crippen LogP contribution is 2.24. The third kappa shape index (κ3) is 4.09. The average molecular weight is 339 g/mol. The van der Waals surface area contributed by atoms with Crippen LogP contribution in [0.25, 0.3) is 0 Å². The Kier molecular flexibility index (Phi) is 5.31. The predicted molar refractivity (Wildman–Crippen MR) is 87.6 cm³/mol. The van der Waals surface area contributed by atoms with Gasteiger partial charge < -0.3 is 9.64 Å². The maximum atomic E-state index is 12.6. The molecule has 0 saturated carbocycles. The molecule has 128 valence electrons. The van der Waals surface area contributed by atoms with Crippen LogP contribution in [0, 0.1) is 0 Å². The van der Waals surface area contributed by atoms with Crippen LogP contribution >= 0.6 is 0 Å². The van der Waals surface area contributed by atoms with E-state index in [4.69, 9.17) is 4.74 Å². The molecule has 0 radical (unpaired) electrons. The van der Waals surface area contributed by atoms with E-state index in [1.54, 1.807) is 22.6 Å². The van der Waals surface area contributed by atoms with Crippen molar-refractivity contribution < 1.29 is 13.2 Å². The van der Waals surface area contributed by atoms with Crippen molar-refractivity contribution in [2.45, 2.75) is 42.8 Å². The van der Waals surface area contributed by atoms with Crippen LogP contribution < -0.4 is 0 Å². The largest absolute Gasteiger partial charge is 0.375 e. The van der Waals surface area contributed by atoms with E-state index in [2.05, 4.69) is 16.9 Å². The molecule has 0 aliphatic carbocycles. The van der Waals surface area contributed by atoms with Gasteiger partial charge in [-0.2, -0.15) is 4.31 Å². The summed E-state index contributed by atoms with van der Waals surface area (Å²) in [5.41, 5.74) is 0. The highest BCUT2D eigenvalue weighted by atomic mass is 32.2. The molecule has 2 fully saturated rings. The Bertz CT molecular complexity index is 592. The van der Waals surface area contributed by atoms with Crippen LogP contribution in [0.1, 0.15) is 25.7 Å². The number of hydrogen-bond acceptors (Lipinski definition) is 5. The molecule has 3 rings (SSSR count). The van der Waals surface area contributed by atoms with Gasteiger partial charge in [0.2, 0.25) is 10.0 Å². The molecule has 1 aromatic heterocycles. The Morgan fingerprint density at radius 2 is 1.70 bits per heavy atom. The van der Waals surface area contributed by atoms with Crippen molar-refractivity contribution in [1.29, 1.82) is 0 Å². The summed E-state index contributed by atoms with van der Waals surface area (Å²) in [5, 5.41) is 0. The van der Waals surface area contributed by atoms with Gasteiger partial charge in [-0.05, 0) is 44.9 Å². The van der Waals surface area contributed by atoms with E-state index in [1.807, 2.05) is 0 Å². The molecule has 1 aromatic rings. The van der Waals surface area contributed by atoms with Gasteiger partial charge in [0.05, 0.1) is 12.2 Å². The first-order chi connectivity index (χ1) is 11.1. The third-order valence-corrected chi connectivity index (χ3v) is 6.61. The Hall–Kier alpha value is -1.02. The molecule has 0 atom stereocenters. The van der Waals surface area contributed by atoms with Crippen molar-refractivity contribution in [3.63, 3.8) is 0 Å². The first-order valence-electron chi connectivity index (χ1n) is 8.30. The topological polar surface area (TPSA) is 62.7 Å². The van der Waals surface area contributed by atoms with Crippen molar-refractivity contribution in [3.05, 3.63) is 24.5 Å². The summed E-state index contributed by atoms with van der Waals surface area (Å²) in [5.74, 6) is 0. The number of rotatable bonds is 4. The first-order valence-corrected chi connectivity index (χ1v) is 9.74. The minimum absolute atomic E-state index is 0.184. The second-order valence-electron chi connectivity index (χ2n) is 6.43. The molecule has 0 bridgehead atoms. The lowest BCUT2D eigenvalue weighted by molar-refractivity contribution is -0.0564. The van der Waals surface area contributed by atoms with E-state index in [9.17, 15) is 8.42 Å². The summed E-state index contributed by atoms with van der Waals surface area (Å²) in [6.07, 6.45) is 7.20. The summed E-state index contributed by atoms with van der Waals surface area (Å²) in [7, 11) is -1.28. The maximum Gasteiger partial charge on any atom is 0.244 e. The van der Waals surface area contributed by atoms with Crippen LogP contribution in [0.2, 0.25) is 0 Å². The molecule has 0 aromatic carbocycles. The van der Waals surface area contributed by atoms with Crippen molar-refractivity contribution in [2.75, 3.05) is 33.2 Å². The summed E-state index contributed by atoms with van der Waals surface area (Å²) in [6.45, 7) is 3.21. The van der Waals surface area contributed by atoms with E-state index in [0.717, 1.165) is 38.8 Å². The molecule has 2 aliphatic heterocycles. The Labute approximate surface area is 138 Å². The number of piperidine rings is 2. The van der Waals surface area contributed by atoms with E-state index < -0.39 is 10.0 Å². The summed E-state index contributed by atoms with van der Waals surface area (Å²) < 4.78 is 32.9. The lowest BCUT2D eigenvalue weighted by Crippen LogP contribution is -2.43. The molecule has 0 amide bonds. The summed E-state index contributed by atoms with van der Waals surface area (Å²) >= 11 is 0. The monoisotopic (exact) mass is 339 g/mol. The molecule has 0 unspecified atom stereocenters. The van der Waals surface area contributed by atoms with Crippen molar-refractivity contribution >= 4 is 10.0 Å². The fourth-order valence-electron chi connectivity index (χ4n) is 3.25. The average Bonchev–Trinajstić information content (AvgIpc) is 2.58. The molecule has 3 heterocycles. The standard InChI is InChI=1S/C16H25N3O3S/c1-18-9-4-14(5-10-18)22-15-6-11-19(12-7-15)23(20,21)16-3-2-8-17-13-16/h2-3,8,13-15H,4-7,9-12H2,1H3. The molecule has 2 aliphatic rings. The fraction of sp³-hybridized carbons (Fsp3) is 0.688. The number of nitrogens with zero attached hydrogens (tertiary/aromatic N) is 3. The van der Waals surface area contributed by atoms with E-state index in [0.29, 0.717) is 19.2 Å². The van der Waals surface area contributed by atoms with E-state index in [-0.39, 0.29) is 11.0 Å². The van der Waals surface area contributed by atoms with E-state index in [1.165, 1.54) is 6.20 Å². The number of sulfonamides is 1. The zero-order chi connectivity index (χ0) is 16.3. The van der Waals surface area contributed by atoms with Gasteiger partial charge in [0.1, 0.15) is 4.90 Å². The molecule has 23 heavy (non-hydrogen) atoms. The lowest BCUT2D eigenvalue weighted by Gasteiger charge is -2.35. The van der Waals surface area contributed by atoms with Crippen molar-refractivity contribution in [3.8, 4) is 0 Å². The van der Waals surface area contributed by atoms with Gasteiger partial charge in [-0.3, -0.25) is 4.98 Å². The summed E-state index contributed by atoms with van der Waals surface area (Å²) in [6, 6.07) is 3.26. The molecule has 7 heteroatoms. The number of pyridine rings is 1. The Morgan fingerprint density at radius 3 is 2.26 bits per heavy atom. The van der Waals surface area contributed by atoms with Gasteiger partial charge in [-0.25, -0.2) is 8.42 Å². The van der Waals surface area contributed by atoms with Crippen LogP contribution in [0.3, 0.4) is 0 Å². The predicted octanol–water partition coefficient (Wildman–Crippen LogP) is 1.35. The van der Waals surface area contributed by atoms with Gasteiger partial charge in [-0.15, -0.1) is 0 Å². The second-order valence-corrected chi connectivity index (χ2v) is 8.37. The van der Waals surface area contributed by atoms with Gasteiger partial charge >= 0.3 is 0 Å². The molecule has 0 spiro atoms. The zero-order valence-electron chi connectivity index (χ0n) is 13.6. The first kappa shape index (κ1) is 16.8. The molecule has 2 saturated heterocycles. The number of likely N-dealkylation sites (tertiary alicyclic amines) is 1. The molecule has 0 N–H and O–H groups in total. The number of aromatic nitrogens is 1. The van der Waals surface area contributed by atoms with Crippen molar-refractivity contribution in [1.82, 2.24) is 14.2 Å². The van der Waals surface area contributed by atoms with Gasteiger partial charge in [0.25, 0.3) is 0 Å². The molecule has 6 nitrogen and oxygen atoms in total. The second kappa shape index (κ2) is 7.25. The van der Waals surface area contributed by atoms with Crippen LogP contribution in [0.4, 0.5) is 0 Å². The Morgan fingerprint density at radius 1 is 1.09 bits per heavy atom. The van der Waals surface area contributed by atoms with Gasteiger partial charge in [0.15, 0.2) is 0 Å². The van der Waals surface area contributed by atoms with Crippen LogP contribution in [-0.4, -0.2) is 68.0 Å². The quantitative estimate of drug-likeness (QED) is 0.828. The normalized spacial score (nSPS) is 23.2. The maximum absolute atomic E-state index is 12.6. The minimum atomic E-state index is -3.42. The minimum Gasteiger partial charge on any atom is -0.375 e.